The number of piperazine rings is 1. The van der Waals surface area contributed by atoms with Crippen LogP contribution in [-0.4, -0.2) is 49.7 Å². The third-order valence-corrected chi connectivity index (χ3v) is 8.05. The minimum atomic E-state index is -3.58. The molecule has 0 N–H and O–H groups in total. The van der Waals surface area contributed by atoms with Crippen LogP contribution in [0.15, 0.2) is 38.3 Å². The number of carbonyl (C=O) groups is 1. The van der Waals surface area contributed by atoms with E-state index in [9.17, 15) is 17.6 Å². The summed E-state index contributed by atoms with van der Waals surface area (Å²) in [5.74, 6) is -1.15. The molecule has 1 aromatic carbocycles. The van der Waals surface area contributed by atoms with E-state index in [1.54, 1.807) is 12.1 Å². The molecule has 0 saturated carbocycles. The van der Waals surface area contributed by atoms with Crippen LogP contribution in [0.25, 0.3) is 0 Å². The van der Waals surface area contributed by atoms with Gasteiger partial charge in [0.15, 0.2) is 0 Å². The van der Waals surface area contributed by atoms with Gasteiger partial charge in [0.1, 0.15) is 10.0 Å². The molecule has 0 bridgehead atoms. The highest BCUT2D eigenvalue weighted by Gasteiger charge is 2.31. The van der Waals surface area contributed by atoms with Crippen molar-refractivity contribution in [3.63, 3.8) is 0 Å². The van der Waals surface area contributed by atoms with Crippen molar-refractivity contribution in [1.29, 1.82) is 0 Å². The lowest BCUT2D eigenvalue weighted by Crippen LogP contribution is -2.50. The van der Waals surface area contributed by atoms with E-state index < -0.39 is 21.7 Å². The number of rotatable bonds is 3. The highest BCUT2D eigenvalue weighted by atomic mass is 79.9. The number of hydrogen-bond donors (Lipinski definition) is 0. The predicted octanol–water partition coefficient (Wildman–Crippen LogP) is 3.45. The molecule has 25 heavy (non-hydrogen) atoms. The van der Waals surface area contributed by atoms with E-state index >= 15 is 0 Å². The molecule has 134 valence electrons. The average Bonchev–Trinajstić information content (AvgIpc) is 3.02. The highest BCUT2D eigenvalue weighted by molar-refractivity contribution is 9.11. The van der Waals surface area contributed by atoms with Crippen LogP contribution in [0.2, 0.25) is 5.02 Å². The number of amides is 1. The number of carbonyl (C=O) groups excluding carboxylic acids is 1. The number of sulfonamides is 1. The standard InChI is InChI=1S/C15H13BrClFN2O3S2/c16-13-3-4-14(24-13)25(22,23)20-7-5-19(6-8-20)15(21)11-2-1-10(17)9-12(11)18/h1-4,9H,5-8H2. The Morgan fingerprint density at radius 1 is 1.16 bits per heavy atom. The van der Waals surface area contributed by atoms with E-state index in [-0.39, 0.29) is 41.0 Å². The quantitative estimate of drug-likeness (QED) is 0.695. The maximum absolute atomic E-state index is 13.9. The molecule has 0 unspecified atom stereocenters. The summed E-state index contributed by atoms with van der Waals surface area (Å²) < 4.78 is 41.4. The van der Waals surface area contributed by atoms with Gasteiger partial charge in [0.05, 0.1) is 9.35 Å². The van der Waals surface area contributed by atoms with Gasteiger partial charge in [0, 0.05) is 31.2 Å². The first-order valence-corrected chi connectivity index (χ1v) is 10.7. The zero-order valence-corrected chi connectivity index (χ0v) is 16.8. The van der Waals surface area contributed by atoms with E-state index in [0.717, 1.165) is 21.2 Å². The van der Waals surface area contributed by atoms with Crippen LogP contribution in [0.1, 0.15) is 10.4 Å². The predicted molar refractivity (Wildman–Crippen MR) is 98.1 cm³/mol. The second-order valence-electron chi connectivity index (χ2n) is 5.38. The average molecular weight is 468 g/mol. The fourth-order valence-corrected chi connectivity index (χ4v) is 6.27. The first-order chi connectivity index (χ1) is 11.8. The Bertz CT molecular complexity index is 911. The topological polar surface area (TPSA) is 57.7 Å². The third kappa shape index (κ3) is 3.90. The Labute approximate surface area is 162 Å². The van der Waals surface area contributed by atoms with Crippen molar-refractivity contribution < 1.29 is 17.6 Å². The van der Waals surface area contributed by atoms with Gasteiger partial charge in [0.2, 0.25) is 0 Å². The summed E-state index contributed by atoms with van der Waals surface area (Å²) in [5, 5.41) is 0.215. The van der Waals surface area contributed by atoms with E-state index in [1.165, 1.54) is 21.3 Å². The van der Waals surface area contributed by atoms with Gasteiger partial charge in [-0.1, -0.05) is 11.6 Å². The van der Waals surface area contributed by atoms with Crippen molar-refractivity contribution in [2.45, 2.75) is 4.21 Å². The SMILES string of the molecule is O=C(c1ccc(Cl)cc1F)N1CCN(S(=O)(=O)c2ccc(Br)s2)CC1. The molecular formula is C15H13BrClFN2O3S2. The molecule has 1 aliphatic heterocycles. The lowest BCUT2D eigenvalue weighted by molar-refractivity contribution is 0.0693. The van der Waals surface area contributed by atoms with Crippen molar-refractivity contribution in [2.75, 3.05) is 26.2 Å². The van der Waals surface area contributed by atoms with Gasteiger partial charge in [-0.2, -0.15) is 4.31 Å². The van der Waals surface area contributed by atoms with Crippen molar-refractivity contribution in [1.82, 2.24) is 9.21 Å². The molecule has 1 aromatic heterocycles. The maximum atomic E-state index is 13.9. The molecule has 2 heterocycles. The summed E-state index contributed by atoms with van der Waals surface area (Å²) in [6.07, 6.45) is 0. The summed E-state index contributed by atoms with van der Waals surface area (Å²) in [4.78, 5) is 13.9. The Kier molecular flexibility index (Phi) is 5.50. The minimum absolute atomic E-state index is 0.0668. The van der Waals surface area contributed by atoms with Crippen LogP contribution in [0, 0.1) is 5.82 Å². The molecule has 10 heteroatoms. The molecule has 0 aliphatic carbocycles. The molecule has 3 rings (SSSR count). The number of hydrogen-bond acceptors (Lipinski definition) is 4. The first kappa shape index (κ1) is 18.8. The zero-order chi connectivity index (χ0) is 18.2. The number of benzene rings is 1. The van der Waals surface area contributed by atoms with Gasteiger partial charge in [-0.15, -0.1) is 11.3 Å². The summed E-state index contributed by atoms with van der Waals surface area (Å²) in [6.45, 7) is 0.733. The first-order valence-electron chi connectivity index (χ1n) is 7.29. The van der Waals surface area contributed by atoms with Gasteiger partial charge in [-0.25, -0.2) is 12.8 Å². The fraction of sp³-hybridized carbons (Fsp3) is 0.267. The summed E-state index contributed by atoms with van der Waals surface area (Å²) in [6, 6.07) is 7.11. The molecule has 1 amide bonds. The van der Waals surface area contributed by atoms with Crippen molar-refractivity contribution in [3.05, 3.63) is 50.5 Å². The molecule has 1 saturated heterocycles. The molecule has 5 nitrogen and oxygen atoms in total. The van der Waals surface area contributed by atoms with E-state index in [4.69, 9.17) is 11.6 Å². The minimum Gasteiger partial charge on any atom is -0.336 e. The van der Waals surface area contributed by atoms with E-state index in [2.05, 4.69) is 15.9 Å². The molecule has 0 atom stereocenters. The molecule has 2 aromatic rings. The molecule has 1 fully saturated rings. The van der Waals surface area contributed by atoms with Crippen LogP contribution in [0.3, 0.4) is 0 Å². The van der Waals surface area contributed by atoms with Gasteiger partial charge in [-0.3, -0.25) is 4.79 Å². The number of nitrogens with zero attached hydrogens (tertiary/aromatic N) is 2. The zero-order valence-electron chi connectivity index (χ0n) is 12.8. The van der Waals surface area contributed by atoms with Crippen LogP contribution in [-0.2, 0) is 10.0 Å². The summed E-state index contributed by atoms with van der Waals surface area (Å²) >= 11 is 10.1. The van der Waals surface area contributed by atoms with Crippen molar-refractivity contribution in [2.24, 2.45) is 0 Å². The fourth-order valence-electron chi connectivity index (χ4n) is 2.53. The van der Waals surface area contributed by atoms with Crippen LogP contribution in [0.4, 0.5) is 4.39 Å². The Morgan fingerprint density at radius 3 is 2.40 bits per heavy atom. The second kappa shape index (κ2) is 7.32. The van der Waals surface area contributed by atoms with Crippen LogP contribution in [0.5, 0.6) is 0 Å². The van der Waals surface area contributed by atoms with Crippen molar-refractivity contribution >= 4 is 54.8 Å². The van der Waals surface area contributed by atoms with Gasteiger partial charge < -0.3 is 4.90 Å². The van der Waals surface area contributed by atoms with Gasteiger partial charge in [0.25, 0.3) is 15.9 Å². The summed E-state index contributed by atoms with van der Waals surface area (Å²) in [7, 11) is -3.58. The van der Waals surface area contributed by atoms with Crippen LogP contribution >= 0.6 is 38.9 Å². The monoisotopic (exact) mass is 466 g/mol. The number of halogens is 3. The smallest absolute Gasteiger partial charge is 0.256 e. The Hall–Kier alpha value is -1.000. The maximum Gasteiger partial charge on any atom is 0.256 e. The molecular weight excluding hydrogens is 455 g/mol. The third-order valence-electron chi connectivity index (χ3n) is 3.83. The van der Waals surface area contributed by atoms with Gasteiger partial charge in [-0.05, 0) is 46.3 Å². The number of thiophene rings is 1. The Balaban J connectivity index is 1.70. The molecule has 0 spiro atoms. The normalized spacial score (nSPS) is 16.2. The second-order valence-corrected chi connectivity index (χ2v) is 10.4. The lowest BCUT2D eigenvalue weighted by Gasteiger charge is -2.33. The van der Waals surface area contributed by atoms with E-state index in [1.807, 2.05) is 0 Å². The van der Waals surface area contributed by atoms with Crippen molar-refractivity contribution in [3.8, 4) is 0 Å². The van der Waals surface area contributed by atoms with Gasteiger partial charge >= 0.3 is 0 Å². The van der Waals surface area contributed by atoms with Crippen LogP contribution < -0.4 is 0 Å². The molecule has 1 aliphatic rings. The highest BCUT2D eigenvalue weighted by Crippen LogP contribution is 2.29. The largest absolute Gasteiger partial charge is 0.336 e. The van der Waals surface area contributed by atoms with E-state index in [0.29, 0.717) is 0 Å². The lowest BCUT2D eigenvalue weighted by atomic mass is 10.1. The summed E-state index contributed by atoms with van der Waals surface area (Å²) in [5.41, 5.74) is -0.0668. The Morgan fingerprint density at radius 2 is 1.84 bits per heavy atom. The molecule has 0 radical (unpaired) electrons.